The van der Waals surface area contributed by atoms with Crippen LogP contribution in [-0.2, 0) is 16.1 Å². The average Bonchev–Trinajstić information content (AvgIpc) is 3.43. The highest BCUT2D eigenvalue weighted by Crippen LogP contribution is 2.33. The quantitative estimate of drug-likeness (QED) is 0.651. The summed E-state index contributed by atoms with van der Waals surface area (Å²) in [6.07, 6.45) is 3.24. The van der Waals surface area contributed by atoms with Gasteiger partial charge in [-0.05, 0) is 17.7 Å². The Bertz CT molecular complexity index is 1010. The van der Waals surface area contributed by atoms with Gasteiger partial charge in [0.15, 0.2) is 0 Å². The molecule has 0 radical (unpaired) electrons. The van der Waals surface area contributed by atoms with Gasteiger partial charge in [-0.3, -0.25) is 14.3 Å². The van der Waals surface area contributed by atoms with Gasteiger partial charge < -0.3 is 15.0 Å². The number of ether oxygens (including phenoxy) is 1. The van der Waals surface area contributed by atoms with Gasteiger partial charge in [0.1, 0.15) is 18.4 Å². The molecule has 4 rings (SSSR count). The van der Waals surface area contributed by atoms with E-state index < -0.39 is 5.92 Å². The lowest BCUT2D eigenvalue weighted by atomic mass is 10.0. The largest absolute Gasteiger partial charge is 0.495 e. The Morgan fingerprint density at radius 1 is 1.20 bits per heavy atom. The molecule has 2 unspecified atom stereocenters. The Morgan fingerprint density at radius 3 is 2.70 bits per heavy atom. The standard InChI is InChI=1S/C22H23N5O3/c1-30-20-10-6-5-9-19(20)27-12-17(11-21(27)28)22(29)25-18(13-26-15-23-14-24-26)16-7-3-2-4-8-16/h2-10,14-15,17-18H,11-13H2,1H3,(H,25,29). The molecule has 2 amide bonds. The lowest BCUT2D eigenvalue weighted by Gasteiger charge is -2.22. The summed E-state index contributed by atoms with van der Waals surface area (Å²) >= 11 is 0. The Morgan fingerprint density at radius 2 is 1.97 bits per heavy atom. The van der Waals surface area contributed by atoms with E-state index in [0.29, 0.717) is 24.5 Å². The maximum absolute atomic E-state index is 13.1. The average molecular weight is 405 g/mol. The van der Waals surface area contributed by atoms with Gasteiger partial charge in [0.05, 0.1) is 31.3 Å². The van der Waals surface area contributed by atoms with E-state index in [0.717, 1.165) is 5.56 Å². The van der Waals surface area contributed by atoms with E-state index >= 15 is 0 Å². The summed E-state index contributed by atoms with van der Waals surface area (Å²) in [6.45, 7) is 0.766. The number of methoxy groups -OCH3 is 1. The first-order valence-corrected chi connectivity index (χ1v) is 9.77. The van der Waals surface area contributed by atoms with Crippen LogP contribution in [0.4, 0.5) is 5.69 Å². The third-order valence-corrected chi connectivity index (χ3v) is 5.23. The molecule has 30 heavy (non-hydrogen) atoms. The van der Waals surface area contributed by atoms with E-state index in [4.69, 9.17) is 4.74 Å². The van der Waals surface area contributed by atoms with Gasteiger partial charge >= 0.3 is 0 Å². The normalized spacial score (nSPS) is 17.0. The van der Waals surface area contributed by atoms with Gasteiger partial charge in [-0.15, -0.1) is 0 Å². The van der Waals surface area contributed by atoms with E-state index in [1.54, 1.807) is 29.1 Å². The van der Waals surface area contributed by atoms with Gasteiger partial charge in [-0.2, -0.15) is 5.10 Å². The van der Waals surface area contributed by atoms with Crippen LogP contribution in [0.3, 0.4) is 0 Å². The predicted molar refractivity (Wildman–Crippen MR) is 111 cm³/mol. The second kappa shape index (κ2) is 8.77. The molecule has 2 atom stereocenters. The minimum absolute atomic E-state index is 0.0906. The van der Waals surface area contributed by atoms with E-state index in [1.807, 2.05) is 48.5 Å². The van der Waals surface area contributed by atoms with Crippen LogP contribution in [0.5, 0.6) is 5.75 Å². The molecule has 2 heterocycles. The van der Waals surface area contributed by atoms with Gasteiger partial charge in [0, 0.05) is 13.0 Å². The molecule has 8 nitrogen and oxygen atoms in total. The number of amides is 2. The second-order valence-corrected chi connectivity index (χ2v) is 7.17. The SMILES string of the molecule is COc1ccccc1N1CC(C(=O)NC(Cn2cncn2)c2ccccc2)CC1=O. The number of nitrogens with zero attached hydrogens (tertiary/aromatic N) is 4. The summed E-state index contributed by atoms with van der Waals surface area (Å²) in [5, 5.41) is 7.24. The number of aromatic nitrogens is 3. The summed E-state index contributed by atoms with van der Waals surface area (Å²) in [5.41, 5.74) is 1.65. The number of para-hydroxylation sites is 2. The molecular formula is C22H23N5O3. The fraction of sp³-hybridized carbons (Fsp3) is 0.273. The molecule has 0 spiro atoms. The van der Waals surface area contributed by atoms with Crippen LogP contribution in [-0.4, -0.2) is 40.2 Å². The minimum Gasteiger partial charge on any atom is -0.495 e. The van der Waals surface area contributed by atoms with Crippen molar-refractivity contribution in [1.29, 1.82) is 0 Å². The van der Waals surface area contributed by atoms with Gasteiger partial charge in [0.2, 0.25) is 11.8 Å². The minimum atomic E-state index is -0.440. The zero-order valence-corrected chi connectivity index (χ0v) is 16.6. The van der Waals surface area contributed by atoms with Crippen molar-refractivity contribution in [3.05, 3.63) is 72.8 Å². The highest BCUT2D eigenvalue weighted by atomic mass is 16.5. The third-order valence-electron chi connectivity index (χ3n) is 5.23. The molecule has 2 aromatic carbocycles. The molecule has 1 N–H and O–H groups in total. The number of anilines is 1. The first kappa shape index (κ1) is 19.6. The van der Waals surface area contributed by atoms with Crippen LogP contribution in [0, 0.1) is 5.92 Å². The monoisotopic (exact) mass is 405 g/mol. The first-order valence-electron chi connectivity index (χ1n) is 9.77. The summed E-state index contributed by atoms with van der Waals surface area (Å²) in [6, 6.07) is 16.8. The zero-order chi connectivity index (χ0) is 20.9. The number of carbonyl (C=O) groups excluding carboxylic acids is 2. The number of carbonyl (C=O) groups is 2. The van der Waals surface area contributed by atoms with Gasteiger partial charge in [0.25, 0.3) is 0 Å². The molecule has 1 saturated heterocycles. The Balaban J connectivity index is 1.49. The van der Waals surface area contributed by atoms with E-state index in [2.05, 4.69) is 15.4 Å². The van der Waals surface area contributed by atoms with Crippen molar-refractivity contribution in [2.24, 2.45) is 5.92 Å². The molecule has 0 bridgehead atoms. The molecule has 1 aliphatic heterocycles. The molecule has 1 aliphatic rings. The number of hydrogen-bond acceptors (Lipinski definition) is 5. The summed E-state index contributed by atoms with van der Waals surface area (Å²) < 4.78 is 7.05. The second-order valence-electron chi connectivity index (χ2n) is 7.17. The van der Waals surface area contributed by atoms with Crippen molar-refractivity contribution in [2.75, 3.05) is 18.6 Å². The van der Waals surface area contributed by atoms with E-state index in [-0.39, 0.29) is 24.3 Å². The van der Waals surface area contributed by atoms with Crippen molar-refractivity contribution < 1.29 is 14.3 Å². The lowest BCUT2D eigenvalue weighted by molar-refractivity contribution is -0.127. The van der Waals surface area contributed by atoms with E-state index in [1.165, 1.54) is 6.33 Å². The number of nitrogens with one attached hydrogen (secondary N) is 1. The summed E-state index contributed by atoms with van der Waals surface area (Å²) in [4.78, 5) is 31.3. The molecule has 154 valence electrons. The van der Waals surface area contributed by atoms with Crippen LogP contribution in [0.1, 0.15) is 18.0 Å². The molecule has 3 aromatic rings. The third kappa shape index (κ3) is 4.17. The summed E-state index contributed by atoms with van der Waals surface area (Å²) in [7, 11) is 1.57. The molecule has 0 saturated carbocycles. The Kier molecular flexibility index (Phi) is 5.74. The summed E-state index contributed by atoms with van der Waals surface area (Å²) in [5.74, 6) is -0.0773. The zero-order valence-electron chi connectivity index (χ0n) is 16.6. The van der Waals surface area contributed by atoms with Crippen molar-refractivity contribution in [1.82, 2.24) is 20.1 Å². The van der Waals surface area contributed by atoms with Crippen LogP contribution < -0.4 is 15.0 Å². The molecule has 0 aliphatic carbocycles. The Hall–Kier alpha value is -3.68. The highest BCUT2D eigenvalue weighted by molar-refractivity contribution is 6.01. The van der Waals surface area contributed by atoms with Crippen LogP contribution in [0.15, 0.2) is 67.3 Å². The Labute approximate surface area is 174 Å². The smallest absolute Gasteiger partial charge is 0.227 e. The first-order chi connectivity index (χ1) is 14.7. The highest BCUT2D eigenvalue weighted by Gasteiger charge is 2.37. The van der Waals surface area contributed by atoms with E-state index in [9.17, 15) is 9.59 Å². The van der Waals surface area contributed by atoms with Gasteiger partial charge in [-0.1, -0.05) is 42.5 Å². The number of rotatable bonds is 7. The van der Waals surface area contributed by atoms with Crippen molar-refractivity contribution in [3.8, 4) is 5.75 Å². The van der Waals surface area contributed by atoms with Crippen molar-refractivity contribution in [2.45, 2.75) is 19.0 Å². The molecular weight excluding hydrogens is 382 g/mol. The predicted octanol–water partition coefficient (Wildman–Crippen LogP) is 2.20. The fourth-order valence-electron chi connectivity index (χ4n) is 3.69. The number of hydrogen-bond donors (Lipinski definition) is 1. The maximum atomic E-state index is 13.1. The molecule has 8 heteroatoms. The van der Waals surface area contributed by atoms with Crippen LogP contribution in [0.25, 0.3) is 0 Å². The topological polar surface area (TPSA) is 89.3 Å². The van der Waals surface area contributed by atoms with Crippen molar-refractivity contribution in [3.63, 3.8) is 0 Å². The fourth-order valence-corrected chi connectivity index (χ4v) is 3.69. The van der Waals surface area contributed by atoms with Crippen LogP contribution >= 0.6 is 0 Å². The van der Waals surface area contributed by atoms with Crippen molar-refractivity contribution >= 4 is 17.5 Å². The molecule has 1 aromatic heterocycles. The van der Waals surface area contributed by atoms with Gasteiger partial charge in [-0.25, -0.2) is 4.98 Å². The number of benzene rings is 2. The molecule has 1 fully saturated rings. The maximum Gasteiger partial charge on any atom is 0.227 e. The van der Waals surface area contributed by atoms with Crippen LogP contribution in [0.2, 0.25) is 0 Å². The lowest BCUT2D eigenvalue weighted by Crippen LogP contribution is -2.37.